The first kappa shape index (κ1) is 34.5. The summed E-state index contributed by atoms with van der Waals surface area (Å²) in [4.78, 5) is 28.8. The largest absolute Gasteiger partial charge is 0.383 e. The van der Waals surface area contributed by atoms with Crippen molar-refractivity contribution in [1.82, 2.24) is 29.1 Å². The number of nitrogens with zero attached hydrogens (tertiary/aromatic N) is 6. The smallest absolute Gasteiger partial charge is 0.351 e. The Morgan fingerprint density at radius 1 is 0.891 bits per heavy atom. The molecule has 19 nitrogen and oxygen atoms in total. The normalized spacial score (nSPS) is 30.8. The number of ether oxygens (including phenoxy) is 4. The van der Waals surface area contributed by atoms with E-state index in [2.05, 4.69) is 19.9 Å². The molecule has 3 aromatic rings. The molecule has 0 aliphatic carbocycles. The van der Waals surface area contributed by atoms with Gasteiger partial charge in [-0.25, -0.2) is 19.7 Å². The van der Waals surface area contributed by atoms with Gasteiger partial charge in [-0.05, 0) is 12.5 Å². The standard InChI is InChI=1S/C25H38N8O11P2/c1-7-13-17(19(37-2)23(41-13)32-9-8-15(26)31-25(32)34)44-46(6,36)40-10-14-18(43-45(5,35)39-4)20(38-3)24(42-14)33-12-30-16-21(27)28-11-29-22(16)33/h8-9,11-14,17-20,23-24H,7,10H2,1-6H3,(H2,26,31,34)(H2,27,28,29)/t13-,14-,17-,18-,19?,20?,23-,24-,45?,46?/m1/s1. The lowest BCUT2D eigenvalue weighted by atomic mass is 10.1. The number of hydrogen-bond acceptors (Lipinski definition) is 17. The molecule has 254 valence electrons. The second kappa shape index (κ2) is 13.7. The Morgan fingerprint density at radius 2 is 1.52 bits per heavy atom. The fourth-order valence-electron chi connectivity index (χ4n) is 5.48. The zero-order valence-corrected chi connectivity index (χ0v) is 27.9. The molecule has 2 aliphatic rings. The summed E-state index contributed by atoms with van der Waals surface area (Å²) < 4.78 is 76.2. The summed E-state index contributed by atoms with van der Waals surface area (Å²) in [6.07, 6.45) is -2.49. The van der Waals surface area contributed by atoms with Crippen molar-refractivity contribution in [3.8, 4) is 0 Å². The van der Waals surface area contributed by atoms with Gasteiger partial charge in [-0.1, -0.05) is 6.92 Å². The first-order valence-electron chi connectivity index (χ1n) is 14.2. The molecule has 5 rings (SSSR count). The van der Waals surface area contributed by atoms with Crippen molar-refractivity contribution in [2.75, 3.05) is 52.7 Å². The molecular formula is C25H38N8O11P2. The molecule has 10 atom stereocenters. The van der Waals surface area contributed by atoms with E-state index in [1.807, 2.05) is 6.92 Å². The molecule has 4 unspecified atom stereocenters. The van der Waals surface area contributed by atoms with Crippen LogP contribution in [-0.4, -0.2) is 107 Å². The second-order valence-corrected chi connectivity index (χ2v) is 14.9. The Hall–Kier alpha value is -2.83. The van der Waals surface area contributed by atoms with E-state index >= 15 is 0 Å². The van der Waals surface area contributed by atoms with Crippen LogP contribution in [0.1, 0.15) is 25.8 Å². The van der Waals surface area contributed by atoms with Crippen molar-refractivity contribution in [3.05, 3.63) is 35.4 Å². The molecule has 5 heterocycles. The van der Waals surface area contributed by atoms with Crippen molar-refractivity contribution in [2.45, 2.75) is 62.4 Å². The Bertz CT molecular complexity index is 1690. The van der Waals surface area contributed by atoms with Gasteiger partial charge in [-0.15, -0.1) is 0 Å². The van der Waals surface area contributed by atoms with Crippen LogP contribution < -0.4 is 17.2 Å². The van der Waals surface area contributed by atoms with E-state index in [0.29, 0.717) is 17.6 Å². The Morgan fingerprint density at radius 3 is 2.15 bits per heavy atom. The highest BCUT2D eigenvalue weighted by molar-refractivity contribution is 7.53. The monoisotopic (exact) mass is 688 g/mol. The maximum atomic E-state index is 13.8. The molecule has 2 saturated heterocycles. The summed E-state index contributed by atoms with van der Waals surface area (Å²) in [6, 6.07) is 1.45. The van der Waals surface area contributed by atoms with Crippen molar-refractivity contribution in [3.63, 3.8) is 0 Å². The van der Waals surface area contributed by atoms with Gasteiger partial charge in [0.2, 0.25) is 0 Å². The van der Waals surface area contributed by atoms with E-state index in [-0.39, 0.29) is 18.2 Å². The minimum Gasteiger partial charge on any atom is -0.383 e. The number of nitrogens with two attached hydrogens (primary N) is 2. The highest BCUT2D eigenvalue weighted by Crippen LogP contribution is 2.52. The van der Waals surface area contributed by atoms with Crippen molar-refractivity contribution >= 4 is 38.0 Å². The van der Waals surface area contributed by atoms with Gasteiger partial charge in [0.1, 0.15) is 48.2 Å². The van der Waals surface area contributed by atoms with Gasteiger partial charge in [0.25, 0.3) is 0 Å². The summed E-state index contributed by atoms with van der Waals surface area (Å²) in [5.41, 5.74) is 11.7. The average Bonchev–Trinajstić information content (AvgIpc) is 3.69. The van der Waals surface area contributed by atoms with E-state index in [1.165, 1.54) is 64.1 Å². The minimum absolute atomic E-state index is 0.0532. The van der Waals surface area contributed by atoms with Crippen LogP contribution in [0.15, 0.2) is 29.7 Å². The van der Waals surface area contributed by atoms with Crippen molar-refractivity contribution < 1.29 is 46.2 Å². The summed E-state index contributed by atoms with van der Waals surface area (Å²) in [7, 11) is -3.37. The van der Waals surface area contributed by atoms with Crippen LogP contribution in [0.5, 0.6) is 0 Å². The minimum atomic E-state index is -3.89. The lowest BCUT2D eigenvalue weighted by molar-refractivity contribution is -0.0592. The number of fused-ring (bicyclic) bond motifs is 1. The third-order valence-corrected chi connectivity index (χ3v) is 10.3. The first-order chi connectivity index (χ1) is 21.8. The molecular weight excluding hydrogens is 650 g/mol. The highest BCUT2D eigenvalue weighted by Gasteiger charge is 2.52. The SMILES string of the molecule is CC[C@H]1O[C@@H](n2ccc(N)nc2=O)C(OC)[C@@H]1OP(C)(=O)OC[C@H]1O[C@@H](n2cnc3c(N)ncnc32)C(OC)[C@@H]1OP(C)(=O)OC. The third-order valence-electron chi connectivity index (χ3n) is 7.74. The molecule has 21 heteroatoms. The fraction of sp³-hybridized carbons (Fsp3) is 0.640. The van der Waals surface area contributed by atoms with Crippen molar-refractivity contribution in [2.24, 2.45) is 0 Å². The summed E-state index contributed by atoms with van der Waals surface area (Å²) in [5.74, 6) is 0.220. The van der Waals surface area contributed by atoms with Crippen LogP contribution in [0.4, 0.5) is 11.6 Å². The first-order valence-corrected chi connectivity index (χ1v) is 18.2. The number of hydrogen-bond donors (Lipinski definition) is 2. The maximum absolute atomic E-state index is 13.8. The fourth-order valence-corrected chi connectivity index (χ4v) is 7.44. The summed E-state index contributed by atoms with van der Waals surface area (Å²) in [5, 5.41) is 0. The number of methoxy groups -OCH3 is 2. The number of rotatable bonds is 13. The molecule has 2 aliphatic heterocycles. The van der Waals surface area contributed by atoms with Crippen molar-refractivity contribution in [1.29, 1.82) is 0 Å². The quantitative estimate of drug-likeness (QED) is 0.242. The van der Waals surface area contributed by atoms with Gasteiger partial charge < -0.3 is 39.5 Å². The summed E-state index contributed by atoms with van der Waals surface area (Å²) in [6.45, 7) is 4.09. The molecule has 46 heavy (non-hydrogen) atoms. The molecule has 2 fully saturated rings. The lowest BCUT2D eigenvalue weighted by Crippen LogP contribution is -2.38. The number of imidazole rings is 1. The molecule has 0 aromatic carbocycles. The highest BCUT2D eigenvalue weighted by atomic mass is 31.2. The second-order valence-electron chi connectivity index (χ2n) is 10.7. The lowest BCUT2D eigenvalue weighted by Gasteiger charge is -2.28. The Balaban J connectivity index is 1.37. The number of aromatic nitrogens is 6. The zero-order valence-electron chi connectivity index (χ0n) is 26.1. The molecule has 3 aromatic heterocycles. The van der Waals surface area contributed by atoms with E-state index in [0.717, 1.165) is 0 Å². The predicted molar refractivity (Wildman–Crippen MR) is 162 cm³/mol. The van der Waals surface area contributed by atoms with E-state index in [9.17, 15) is 13.9 Å². The van der Waals surface area contributed by atoms with Gasteiger partial charge in [0.05, 0.1) is 19.0 Å². The zero-order chi connectivity index (χ0) is 33.4. The topological polar surface area (TPSA) is 239 Å². The Kier molecular flexibility index (Phi) is 10.3. The van der Waals surface area contributed by atoms with Gasteiger partial charge >= 0.3 is 20.9 Å². The van der Waals surface area contributed by atoms with Gasteiger partial charge in [-0.3, -0.25) is 27.3 Å². The van der Waals surface area contributed by atoms with Crippen LogP contribution in [0.3, 0.4) is 0 Å². The van der Waals surface area contributed by atoms with Crippen LogP contribution in [-0.2, 0) is 46.2 Å². The predicted octanol–water partition coefficient (Wildman–Crippen LogP) is 1.56. The number of anilines is 2. The van der Waals surface area contributed by atoms with E-state index < -0.39 is 70.0 Å². The van der Waals surface area contributed by atoms with Crippen LogP contribution in [0.2, 0.25) is 0 Å². The Labute approximate surface area is 263 Å². The summed E-state index contributed by atoms with van der Waals surface area (Å²) >= 11 is 0. The van der Waals surface area contributed by atoms with Crippen LogP contribution in [0, 0.1) is 0 Å². The van der Waals surface area contributed by atoms with Gasteiger partial charge in [0.15, 0.2) is 23.9 Å². The molecule has 0 spiro atoms. The molecule has 4 N–H and O–H groups in total. The van der Waals surface area contributed by atoms with Gasteiger partial charge in [-0.2, -0.15) is 4.98 Å². The molecule has 0 radical (unpaired) electrons. The van der Waals surface area contributed by atoms with Crippen LogP contribution in [0.25, 0.3) is 11.2 Å². The average molecular weight is 689 g/mol. The third kappa shape index (κ3) is 6.89. The molecule has 0 saturated carbocycles. The molecule has 0 amide bonds. The maximum Gasteiger partial charge on any atom is 0.351 e. The number of nitrogen functional groups attached to an aromatic ring is 2. The van der Waals surface area contributed by atoms with Gasteiger partial charge in [0, 0.05) is 40.9 Å². The molecule has 0 bridgehead atoms. The van der Waals surface area contributed by atoms with Crippen LogP contribution >= 0.6 is 15.2 Å². The van der Waals surface area contributed by atoms with E-state index in [1.54, 1.807) is 4.57 Å². The van der Waals surface area contributed by atoms with E-state index in [4.69, 9.17) is 48.5 Å².